The number of rotatable bonds is 3. The van der Waals surface area contributed by atoms with E-state index < -0.39 is 0 Å². The van der Waals surface area contributed by atoms with Gasteiger partial charge in [0.05, 0.1) is 17.9 Å². The second kappa shape index (κ2) is 7.49. The molecule has 0 radical (unpaired) electrons. The second-order valence-corrected chi connectivity index (χ2v) is 8.23. The van der Waals surface area contributed by atoms with E-state index in [-0.39, 0.29) is 17.8 Å². The van der Waals surface area contributed by atoms with Gasteiger partial charge in [-0.15, -0.1) is 5.10 Å². The van der Waals surface area contributed by atoms with Crippen LogP contribution in [0.4, 0.5) is 9.52 Å². The Bertz CT molecular complexity index is 1190. The standard InChI is InChI=1S/C21H19FN6OS/c1-13(29)27-8-6-18(17-5-4-16(22)9-15(17)11-27)24-20-26-28-12-19(25-21(28)30-20)14-3-2-7-23-10-14/h2-5,7,9-10,12,18H,6,8,11H2,1H3,(H,24,26). The molecule has 1 aromatic carbocycles. The molecule has 1 N–H and O–H groups in total. The fraction of sp³-hybridized carbons (Fsp3) is 0.238. The fourth-order valence-corrected chi connectivity index (χ4v) is 4.59. The number of nitrogens with zero attached hydrogens (tertiary/aromatic N) is 5. The van der Waals surface area contributed by atoms with Crippen LogP contribution < -0.4 is 5.32 Å². The molecule has 7 nitrogen and oxygen atoms in total. The molecule has 152 valence electrons. The van der Waals surface area contributed by atoms with Crippen molar-refractivity contribution in [1.82, 2.24) is 24.5 Å². The van der Waals surface area contributed by atoms with Crippen LogP contribution in [0.1, 0.15) is 30.5 Å². The lowest BCUT2D eigenvalue weighted by molar-refractivity contribution is -0.129. The molecule has 3 aromatic heterocycles. The van der Waals surface area contributed by atoms with Crippen molar-refractivity contribution in [3.8, 4) is 11.3 Å². The van der Waals surface area contributed by atoms with E-state index in [0.717, 1.165) is 32.5 Å². The van der Waals surface area contributed by atoms with Crippen LogP contribution in [0.5, 0.6) is 0 Å². The number of fused-ring (bicyclic) bond motifs is 2. The molecule has 0 saturated carbocycles. The van der Waals surface area contributed by atoms with Crippen molar-refractivity contribution >= 4 is 27.3 Å². The van der Waals surface area contributed by atoms with E-state index in [1.54, 1.807) is 34.8 Å². The smallest absolute Gasteiger partial charge is 0.219 e. The maximum Gasteiger partial charge on any atom is 0.219 e. The van der Waals surface area contributed by atoms with Crippen LogP contribution in [0, 0.1) is 5.82 Å². The van der Waals surface area contributed by atoms with Gasteiger partial charge in [-0.05, 0) is 41.8 Å². The molecule has 4 aromatic rings. The van der Waals surface area contributed by atoms with Crippen LogP contribution in [0.25, 0.3) is 16.2 Å². The molecule has 0 aliphatic carbocycles. The van der Waals surface area contributed by atoms with E-state index in [1.165, 1.54) is 23.5 Å². The number of halogens is 1. The number of hydrogen-bond acceptors (Lipinski definition) is 6. The molecule has 1 aliphatic rings. The Kier molecular flexibility index (Phi) is 4.66. The normalized spacial score (nSPS) is 16.3. The maximum absolute atomic E-state index is 13.8. The molecule has 9 heteroatoms. The van der Waals surface area contributed by atoms with E-state index in [9.17, 15) is 9.18 Å². The zero-order chi connectivity index (χ0) is 20.7. The summed E-state index contributed by atoms with van der Waals surface area (Å²) in [4.78, 5) is 23.2. The minimum Gasteiger partial charge on any atom is -0.353 e. The number of carbonyl (C=O) groups is 1. The summed E-state index contributed by atoms with van der Waals surface area (Å²) in [5.41, 5.74) is 3.57. The predicted octanol–water partition coefficient (Wildman–Crippen LogP) is 3.90. The molecule has 0 saturated heterocycles. The first-order valence-electron chi connectivity index (χ1n) is 9.64. The molecule has 1 amide bonds. The van der Waals surface area contributed by atoms with Gasteiger partial charge in [-0.1, -0.05) is 17.4 Å². The molecule has 30 heavy (non-hydrogen) atoms. The van der Waals surface area contributed by atoms with Gasteiger partial charge in [-0.3, -0.25) is 9.78 Å². The number of aromatic nitrogens is 4. The summed E-state index contributed by atoms with van der Waals surface area (Å²) < 4.78 is 15.6. The quantitative estimate of drug-likeness (QED) is 0.542. The van der Waals surface area contributed by atoms with Gasteiger partial charge < -0.3 is 10.2 Å². The summed E-state index contributed by atoms with van der Waals surface area (Å²) >= 11 is 1.45. The van der Waals surface area contributed by atoms with Gasteiger partial charge >= 0.3 is 0 Å². The van der Waals surface area contributed by atoms with Crippen LogP contribution in [0.15, 0.2) is 48.9 Å². The van der Waals surface area contributed by atoms with E-state index in [4.69, 9.17) is 0 Å². The van der Waals surface area contributed by atoms with Gasteiger partial charge in [0.25, 0.3) is 0 Å². The zero-order valence-corrected chi connectivity index (χ0v) is 17.1. The maximum atomic E-state index is 13.8. The van der Waals surface area contributed by atoms with E-state index in [2.05, 4.69) is 20.4 Å². The molecule has 4 heterocycles. The SMILES string of the molecule is CC(=O)N1CCC(Nc2nn3cc(-c4cccnc4)nc3s2)c2ccc(F)cc2C1. The fourth-order valence-electron chi connectivity index (χ4n) is 3.76. The third kappa shape index (κ3) is 3.52. The Labute approximate surface area is 176 Å². The number of nitrogens with one attached hydrogen (secondary N) is 1. The number of imidazole rings is 1. The van der Waals surface area contributed by atoms with E-state index in [1.807, 2.05) is 18.3 Å². The highest BCUT2D eigenvalue weighted by molar-refractivity contribution is 7.20. The van der Waals surface area contributed by atoms with Crippen molar-refractivity contribution in [1.29, 1.82) is 0 Å². The average molecular weight is 422 g/mol. The first-order chi connectivity index (χ1) is 14.6. The third-order valence-electron chi connectivity index (χ3n) is 5.27. The Morgan fingerprint density at radius 2 is 2.23 bits per heavy atom. The summed E-state index contributed by atoms with van der Waals surface area (Å²) in [5.74, 6) is -0.310. The molecule has 0 spiro atoms. The minimum atomic E-state index is -0.298. The Balaban J connectivity index is 1.43. The van der Waals surface area contributed by atoms with Crippen molar-refractivity contribution in [2.75, 3.05) is 11.9 Å². The molecule has 5 rings (SSSR count). The summed E-state index contributed by atoms with van der Waals surface area (Å²) in [6, 6.07) is 8.54. The van der Waals surface area contributed by atoms with E-state index in [0.29, 0.717) is 19.5 Å². The van der Waals surface area contributed by atoms with Crippen molar-refractivity contribution in [3.63, 3.8) is 0 Å². The van der Waals surface area contributed by atoms with Gasteiger partial charge in [-0.25, -0.2) is 13.9 Å². The molecular formula is C21H19FN6OS. The van der Waals surface area contributed by atoms with Gasteiger partial charge in [0, 0.05) is 38.0 Å². The van der Waals surface area contributed by atoms with Crippen molar-refractivity contribution in [3.05, 3.63) is 65.9 Å². The highest BCUT2D eigenvalue weighted by Crippen LogP contribution is 2.32. The average Bonchev–Trinajstić information content (AvgIpc) is 3.23. The second-order valence-electron chi connectivity index (χ2n) is 7.27. The number of carbonyl (C=O) groups excluding carboxylic acids is 1. The van der Waals surface area contributed by atoms with Gasteiger partial charge in [0.15, 0.2) is 0 Å². The van der Waals surface area contributed by atoms with Crippen molar-refractivity contribution < 1.29 is 9.18 Å². The van der Waals surface area contributed by atoms with Crippen LogP contribution in [0.3, 0.4) is 0 Å². The van der Waals surface area contributed by atoms with Crippen LogP contribution in [-0.2, 0) is 11.3 Å². The first-order valence-corrected chi connectivity index (χ1v) is 10.5. The lowest BCUT2D eigenvalue weighted by atomic mass is 9.99. The summed E-state index contributed by atoms with van der Waals surface area (Å²) in [5, 5.41) is 8.81. The lowest BCUT2D eigenvalue weighted by Gasteiger charge is -2.19. The zero-order valence-electron chi connectivity index (χ0n) is 16.2. The Morgan fingerprint density at radius 1 is 1.33 bits per heavy atom. The van der Waals surface area contributed by atoms with Gasteiger partial charge in [-0.2, -0.15) is 0 Å². The Morgan fingerprint density at radius 3 is 3.00 bits per heavy atom. The summed E-state index contributed by atoms with van der Waals surface area (Å²) in [7, 11) is 0. The number of pyridine rings is 1. The van der Waals surface area contributed by atoms with Crippen molar-refractivity contribution in [2.24, 2.45) is 0 Å². The third-order valence-corrected chi connectivity index (χ3v) is 6.13. The molecular weight excluding hydrogens is 403 g/mol. The molecule has 1 unspecified atom stereocenters. The highest BCUT2D eigenvalue weighted by atomic mass is 32.1. The summed E-state index contributed by atoms with van der Waals surface area (Å²) in [6.07, 6.45) is 6.09. The molecule has 1 aliphatic heterocycles. The topological polar surface area (TPSA) is 75.4 Å². The largest absolute Gasteiger partial charge is 0.353 e. The molecule has 1 atom stereocenters. The van der Waals surface area contributed by atoms with Gasteiger partial charge in [0.2, 0.25) is 16.0 Å². The van der Waals surface area contributed by atoms with Gasteiger partial charge in [0.1, 0.15) is 5.82 Å². The number of anilines is 1. The van der Waals surface area contributed by atoms with Crippen molar-refractivity contribution in [2.45, 2.75) is 25.9 Å². The predicted molar refractivity (Wildman–Crippen MR) is 113 cm³/mol. The highest BCUT2D eigenvalue weighted by Gasteiger charge is 2.25. The number of hydrogen-bond donors (Lipinski definition) is 1. The van der Waals surface area contributed by atoms with E-state index >= 15 is 0 Å². The first kappa shape index (κ1) is 18.7. The molecule has 0 fully saturated rings. The minimum absolute atomic E-state index is 0.0125. The monoisotopic (exact) mass is 422 g/mol. The number of amides is 1. The van der Waals surface area contributed by atoms with Crippen LogP contribution >= 0.6 is 11.3 Å². The van der Waals surface area contributed by atoms with Crippen LogP contribution in [-0.4, -0.2) is 36.9 Å². The number of benzene rings is 1. The summed E-state index contributed by atoms with van der Waals surface area (Å²) in [6.45, 7) is 2.55. The van der Waals surface area contributed by atoms with Crippen LogP contribution in [0.2, 0.25) is 0 Å². The Hall–Kier alpha value is -3.33. The lowest BCUT2D eigenvalue weighted by Crippen LogP contribution is -2.28. The molecule has 0 bridgehead atoms.